The van der Waals surface area contributed by atoms with E-state index in [0.717, 1.165) is 12.1 Å². The van der Waals surface area contributed by atoms with E-state index < -0.39 is 25.7 Å². The van der Waals surface area contributed by atoms with Crippen LogP contribution in [0.5, 0.6) is 0 Å². The molecule has 0 aliphatic heterocycles. The van der Waals surface area contributed by atoms with Crippen molar-refractivity contribution >= 4 is 41.5 Å². The summed E-state index contributed by atoms with van der Waals surface area (Å²) < 4.78 is 61.8. The van der Waals surface area contributed by atoms with E-state index in [1.807, 2.05) is 0 Å². The molecule has 0 aliphatic rings. The summed E-state index contributed by atoms with van der Waals surface area (Å²) in [5.74, 6) is -1.12. The summed E-state index contributed by atoms with van der Waals surface area (Å²) in [6.45, 7) is 1.21. The number of rotatable bonds is 6. The first-order chi connectivity index (χ1) is 9.09. The van der Waals surface area contributed by atoms with E-state index in [9.17, 15) is 21.2 Å². The van der Waals surface area contributed by atoms with Gasteiger partial charge in [-0.1, -0.05) is 6.92 Å². The Morgan fingerprint density at radius 1 is 1.30 bits per heavy atom. The van der Waals surface area contributed by atoms with Crippen LogP contribution >= 0.6 is 15.9 Å². The maximum atomic E-state index is 13.2. The van der Waals surface area contributed by atoms with E-state index >= 15 is 0 Å². The lowest BCUT2D eigenvalue weighted by molar-refractivity contribution is 0.580. The highest BCUT2D eigenvalue weighted by atomic mass is 79.9. The molecule has 1 aromatic rings. The standard InChI is InChI=1S/C10H14BrFN2O4S2/c1-2-19(15,16)4-3-14-20(17,18)10-6-9(13)8(12)5-7(10)11/h5-6,14H,2-4,13H2,1H3. The molecule has 20 heavy (non-hydrogen) atoms. The van der Waals surface area contributed by atoms with Crippen LogP contribution in [-0.2, 0) is 19.9 Å². The molecule has 0 saturated carbocycles. The molecule has 6 nitrogen and oxygen atoms in total. The Hall–Kier alpha value is -0.710. The topological polar surface area (TPSA) is 106 Å². The fourth-order valence-electron chi connectivity index (χ4n) is 1.30. The van der Waals surface area contributed by atoms with Crippen molar-refractivity contribution in [2.24, 2.45) is 0 Å². The summed E-state index contributed by atoms with van der Waals surface area (Å²) in [6, 6.07) is 1.91. The lowest BCUT2D eigenvalue weighted by atomic mass is 10.3. The zero-order valence-corrected chi connectivity index (χ0v) is 13.8. The lowest BCUT2D eigenvalue weighted by Crippen LogP contribution is -2.30. The van der Waals surface area contributed by atoms with Gasteiger partial charge in [0, 0.05) is 16.8 Å². The molecule has 0 heterocycles. The number of hydrogen-bond acceptors (Lipinski definition) is 5. The predicted molar refractivity (Wildman–Crippen MR) is 78.0 cm³/mol. The molecule has 0 aromatic heterocycles. The molecule has 0 amide bonds. The third-order valence-corrected chi connectivity index (χ3v) is 6.61. The second-order valence-corrected chi connectivity index (χ2v) is 9.00. The van der Waals surface area contributed by atoms with Gasteiger partial charge >= 0.3 is 0 Å². The Morgan fingerprint density at radius 3 is 2.45 bits per heavy atom. The summed E-state index contributed by atoms with van der Waals surface area (Å²) in [5, 5.41) is 0. The van der Waals surface area contributed by atoms with Gasteiger partial charge in [0.05, 0.1) is 16.3 Å². The summed E-state index contributed by atoms with van der Waals surface area (Å²) in [4.78, 5) is -0.245. The van der Waals surface area contributed by atoms with Gasteiger partial charge in [0.1, 0.15) is 5.82 Å². The highest BCUT2D eigenvalue weighted by Crippen LogP contribution is 2.26. The van der Waals surface area contributed by atoms with E-state index in [2.05, 4.69) is 20.7 Å². The second-order valence-electron chi connectivity index (χ2n) is 3.94. The number of sulfonamides is 1. The van der Waals surface area contributed by atoms with Crippen LogP contribution in [-0.4, -0.2) is 34.9 Å². The fraction of sp³-hybridized carbons (Fsp3) is 0.400. The normalized spacial score (nSPS) is 12.6. The quantitative estimate of drug-likeness (QED) is 0.703. The van der Waals surface area contributed by atoms with Gasteiger partial charge in [0.2, 0.25) is 10.0 Å². The lowest BCUT2D eigenvalue weighted by Gasteiger charge is -2.09. The summed E-state index contributed by atoms with van der Waals surface area (Å²) in [7, 11) is -7.24. The first-order valence-electron chi connectivity index (χ1n) is 5.53. The van der Waals surface area contributed by atoms with Crippen LogP contribution < -0.4 is 10.5 Å². The molecule has 3 N–H and O–H groups in total. The predicted octanol–water partition coefficient (Wildman–Crippen LogP) is 0.883. The van der Waals surface area contributed by atoms with Crippen molar-refractivity contribution in [3.8, 4) is 0 Å². The average molecular weight is 389 g/mol. The van der Waals surface area contributed by atoms with Crippen molar-refractivity contribution in [3.05, 3.63) is 22.4 Å². The third kappa shape index (κ3) is 4.40. The number of benzene rings is 1. The Balaban J connectivity index is 2.93. The number of nitrogens with one attached hydrogen (secondary N) is 1. The van der Waals surface area contributed by atoms with Crippen LogP contribution in [0.4, 0.5) is 10.1 Å². The number of halogens is 2. The van der Waals surface area contributed by atoms with Gasteiger partial charge in [-0.2, -0.15) is 0 Å². The molecule has 10 heteroatoms. The molecule has 0 spiro atoms. The van der Waals surface area contributed by atoms with Gasteiger partial charge in [-0.05, 0) is 28.1 Å². The Morgan fingerprint density at radius 2 is 1.90 bits per heavy atom. The molecular weight excluding hydrogens is 375 g/mol. The number of sulfone groups is 1. The van der Waals surface area contributed by atoms with E-state index in [4.69, 9.17) is 5.73 Å². The molecule has 0 bridgehead atoms. The maximum absolute atomic E-state index is 13.2. The minimum absolute atomic E-state index is 0.00930. The van der Waals surface area contributed by atoms with Crippen molar-refractivity contribution in [1.29, 1.82) is 0 Å². The van der Waals surface area contributed by atoms with Crippen LogP contribution in [0.25, 0.3) is 0 Å². The van der Waals surface area contributed by atoms with Gasteiger partial charge in [-0.3, -0.25) is 0 Å². The van der Waals surface area contributed by atoms with Crippen molar-refractivity contribution in [1.82, 2.24) is 4.72 Å². The molecule has 0 atom stereocenters. The van der Waals surface area contributed by atoms with E-state index in [0.29, 0.717) is 0 Å². The molecule has 0 radical (unpaired) electrons. The van der Waals surface area contributed by atoms with Crippen LogP contribution in [0, 0.1) is 5.82 Å². The zero-order chi connectivity index (χ0) is 15.6. The molecule has 1 rings (SSSR count). The first-order valence-corrected chi connectivity index (χ1v) is 9.63. The van der Waals surface area contributed by atoms with Gasteiger partial charge in [-0.25, -0.2) is 25.9 Å². The van der Waals surface area contributed by atoms with E-state index in [1.165, 1.54) is 6.92 Å². The largest absolute Gasteiger partial charge is 0.396 e. The monoisotopic (exact) mass is 388 g/mol. The van der Waals surface area contributed by atoms with E-state index in [1.54, 1.807) is 0 Å². The maximum Gasteiger partial charge on any atom is 0.241 e. The van der Waals surface area contributed by atoms with Gasteiger partial charge in [0.15, 0.2) is 9.84 Å². The smallest absolute Gasteiger partial charge is 0.241 e. The first kappa shape index (κ1) is 17.3. The summed E-state index contributed by atoms with van der Waals surface area (Å²) >= 11 is 2.93. The Bertz CT molecular complexity index is 704. The molecule has 0 fully saturated rings. The Labute approximate surface area is 125 Å². The van der Waals surface area contributed by atoms with E-state index in [-0.39, 0.29) is 33.1 Å². The molecule has 0 unspecified atom stereocenters. The number of anilines is 1. The van der Waals surface area contributed by atoms with Crippen LogP contribution in [0.2, 0.25) is 0 Å². The minimum atomic E-state index is -3.97. The molecular formula is C10H14BrFN2O4S2. The highest BCUT2D eigenvalue weighted by Gasteiger charge is 2.20. The van der Waals surface area contributed by atoms with Crippen LogP contribution in [0.15, 0.2) is 21.5 Å². The third-order valence-electron chi connectivity index (χ3n) is 2.49. The number of nitrogens with two attached hydrogens (primary N) is 1. The Kier molecular flexibility index (Phi) is 5.53. The second kappa shape index (κ2) is 6.37. The van der Waals surface area contributed by atoms with Crippen molar-refractivity contribution in [3.63, 3.8) is 0 Å². The fourth-order valence-corrected chi connectivity index (χ4v) is 4.21. The summed E-state index contributed by atoms with van der Waals surface area (Å²) in [5.41, 5.74) is 5.01. The average Bonchev–Trinajstić information content (AvgIpc) is 2.33. The minimum Gasteiger partial charge on any atom is -0.396 e. The van der Waals surface area contributed by atoms with Gasteiger partial charge in [-0.15, -0.1) is 0 Å². The molecule has 0 saturated heterocycles. The molecule has 0 aliphatic carbocycles. The van der Waals surface area contributed by atoms with Gasteiger partial charge < -0.3 is 5.73 Å². The SMILES string of the molecule is CCS(=O)(=O)CCNS(=O)(=O)c1cc(N)c(F)cc1Br. The van der Waals surface area contributed by atoms with Crippen LogP contribution in [0.3, 0.4) is 0 Å². The molecule has 1 aromatic carbocycles. The van der Waals surface area contributed by atoms with Crippen molar-refractivity contribution < 1.29 is 21.2 Å². The van der Waals surface area contributed by atoms with Crippen molar-refractivity contribution in [2.75, 3.05) is 23.8 Å². The van der Waals surface area contributed by atoms with Crippen LogP contribution in [0.1, 0.15) is 6.92 Å². The zero-order valence-electron chi connectivity index (χ0n) is 10.6. The number of nitrogen functional groups attached to an aromatic ring is 1. The number of hydrogen-bond donors (Lipinski definition) is 2. The molecule has 114 valence electrons. The van der Waals surface area contributed by atoms with Crippen molar-refractivity contribution in [2.45, 2.75) is 11.8 Å². The summed E-state index contributed by atoms with van der Waals surface area (Å²) in [6.07, 6.45) is 0. The van der Waals surface area contributed by atoms with Gasteiger partial charge in [0.25, 0.3) is 0 Å². The highest BCUT2D eigenvalue weighted by molar-refractivity contribution is 9.10.